The normalized spacial score (nSPS) is 10.2. The van der Waals surface area contributed by atoms with Crippen molar-refractivity contribution in [3.63, 3.8) is 0 Å². The van der Waals surface area contributed by atoms with Gasteiger partial charge in [0, 0.05) is 6.92 Å². The van der Waals surface area contributed by atoms with Gasteiger partial charge >= 0.3 is 5.97 Å². The fourth-order valence-electron chi connectivity index (χ4n) is 2.09. The summed E-state index contributed by atoms with van der Waals surface area (Å²) in [7, 11) is 1.25. The first-order valence-electron chi connectivity index (χ1n) is 7.56. The Morgan fingerprint density at radius 2 is 1.92 bits per heavy atom. The third-order valence-electron chi connectivity index (χ3n) is 3.41. The minimum absolute atomic E-state index is 0.167. The van der Waals surface area contributed by atoms with Gasteiger partial charge in [0.15, 0.2) is 5.13 Å². The highest BCUT2D eigenvalue weighted by Gasteiger charge is 2.21. The molecule has 8 heteroatoms. The van der Waals surface area contributed by atoms with Crippen LogP contribution in [0.25, 0.3) is 0 Å². The van der Waals surface area contributed by atoms with E-state index in [1.807, 2.05) is 30.3 Å². The van der Waals surface area contributed by atoms with Crippen molar-refractivity contribution in [3.05, 3.63) is 46.5 Å². The Morgan fingerprint density at radius 1 is 1.24 bits per heavy atom. The van der Waals surface area contributed by atoms with E-state index in [9.17, 15) is 14.4 Å². The lowest BCUT2D eigenvalue weighted by Crippen LogP contribution is -2.30. The van der Waals surface area contributed by atoms with Gasteiger partial charge in [0.25, 0.3) is 5.91 Å². The quantitative estimate of drug-likeness (QED) is 0.794. The van der Waals surface area contributed by atoms with Crippen LogP contribution in [0.4, 0.5) is 5.13 Å². The van der Waals surface area contributed by atoms with Gasteiger partial charge in [0.2, 0.25) is 5.91 Å². The molecule has 0 fully saturated rings. The molecule has 1 heterocycles. The lowest BCUT2D eigenvalue weighted by molar-refractivity contribution is -0.139. The largest absolute Gasteiger partial charge is 0.468 e. The molecule has 7 nitrogen and oxygen atoms in total. The summed E-state index contributed by atoms with van der Waals surface area (Å²) in [6.45, 7) is 3.29. The number of aromatic nitrogens is 1. The van der Waals surface area contributed by atoms with E-state index in [2.05, 4.69) is 15.0 Å². The standard InChI is InChI=1S/C17H19N3O4S/c1-11-15(16(23)18-9-14(22)24-3)25-17(19-11)20(12(2)21)10-13-7-5-4-6-8-13/h4-8H,9-10H2,1-3H3,(H,18,23). The van der Waals surface area contributed by atoms with Gasteiger partial charge in [0.05, 0.1) is 19.3 Å². The molecule has 1 N–H and O–H groups in total. The Balaban J connectivity index is 2.19. The van der Waals surface area contributed by atoms with Crippen LogP contribution in [-0.2, 0) is 20.9 Å². The Hall–Kier alpha value is -2.74. The molecule has 0 atom stereocenters. The molecule has 2 aromatic rings. The molecule has 0 bridgehead atoms. The second-order valence-electron chi connectivity index (χ2n) is 5.26. The lowest BCUT2D eigenvalue weighted by Gasteiger charge is -2.17. The van der Waals surface area contributed by atoms with Crippen molar-refractivity contribution in [1.82, 2.24) is 10.3 Å². The SMILES string of the molecule is COC(=O)CNC(=O)c1sc(N(Cc2ccccc2)C(C)=O)nc1C. The third-order valence-corrected chi connectivity index (χ3v) is 4.59. The number of anilines is 1. The highest BCUT2D eigenvalue weighted by molar-refractivity contribution is 7.17. The van der Waals surface area contributed by atoms with Crippen LogP contribution in [-0.4, -0.2) is 36.4 Å². The van der Waals surface area contributed by atoms with Gasteiger partial charge in [-0.15, -0.1) is 0 Å². The first-order chi connectivity index (χ1) is 11.9. The van der Waals surface area contributed by atoms with Gasteiger partial charge in [-0.05, 0) is 12.5 Å². The first kappa shape index (κ1) is 18.6. The predicted octanol–water partition coefficient (Wildman–Crippen LogP) is 1.91. The van der Waals surface area contributed by atoms with Crippen molar-refractivity contribution in [2.75, 3.05) is 18.6 Å². The summed E-state index contributed by atoms with van der Waals surface area (Å²) in [5.41, 5.74) is 1.46. The van der Waals surface area contributed by atoms with Crippen LogP contribution >= 0.6 is 11.3 Å². The zero-order chi connectivity index (χ0) is 18.4. The molecule has 0 aliphatic carbocycles. The number of amides is 2. The molecule has 0 saturated carbocycles. The van der Waals surface area contributed by atoms with E-state index in [0.29, 0.717) is 22.2 Å². The van der Waals surface area contributed by atoms with E-state index in [1.54, 1.807) is 6.92 Å². The number of hydrogen-bond donors (Lipinski definition) is 1. The van der Waals surface area contributed by atoms with Gasteiger partial charge < -0.3 is 10.1 Å². The number of nitrogens with one attached hydrogen (secondary N) is 1. The molecule has 0 saturated heterocycles. The average molecular weight is 361 g/mol. The first-order valence-corrected chi connectivity index (χ1v) is 8.38. The molecule has 0 radical (unpaired) electrons. The number of carbonyl (C=O) groups excluding carboxylic acids is 3. The van der Waals surface area contributed by atoms with Gasteiger partial charge in [-0.1, -0.05) is 41.7 Å². The molecule has 132 valence electrons. The Labute approximate surface area is 149 Å². The minimum Gasteiger partial charge on any atom is -0.468 e. The second-order valence-corrected chi connectivity index (χ2v) is 6.24. The van der Waals surface area contributed by atoms with Crippen LogP contribution in [0.2, 0.25) is 0 Å². The summed E-state index contributed by atoms with van der Waals surface area (Å²) in [4.78, 5) is 41.6. The number of hydrogen-bond acceptors (Lipinski definition) is 6. The molecule has 0 spiro atoms. The van der Waals surface area contributed by atoms with Gasteiger partial charge in [-0.2, -0.15) is 0 Å². The molecule has 1 aromatic heterocycles. The van der Waals surface area contributed by atoms with E-state index in [4.69, 9.17) is 0 Å². The maximum absolute atomic E-state index is 12.2. The summed E-state index contributed by atoms with van der Waals surface area (Å²) in [5.74, 6) is -1.13. The molecule has 1 aromatic carbocycles. The van der Waals surface area contributed by atoms with Crippen molar-refractivity contribution in [3.8, 4) is 0 Å². The number of nitrogens with zero attached hydrogens (tertiary/aromatic N) is 2. The lowest BCUT2D eigenvalue weighted by atomic mass is 10.2. The number of thiazole rings is 1. The molecule has 0 aliphatic rings. The number of benzene rings is 1. The van der Waals surface area contributed by atoms with E-state index in [-0.39, 0.29) is 12.5 Å². The van der Waals surface area contributed by atoms with Crippen LogP contribution in [0.15, 0.2) is 30.3 Å². The fraction of sp³-hybridized carbons (Fsp3) is 0.294. The summed E-state index contributed by atoms with van der Waals surface area (Å²) in [6, 6.07) is 9.53. The summed E-state index contributed by atoms with van der Waals surface area (Å²) >= 11 is 1.11. The number of rotatable bonds is 6. The van der Waals surface area contributed by atoms with Gasteiger partial charge in [-0.25, -0.2) is 4.98 Å². The van der Waals surface area contributed by atoms with E-state index >= 15 is 0 Å². The van der Waals surface area contributed by atoms with E-state index in [0.717, 1.165) is 16.9 Å². The zero-order valence-corrected chi connectivity index (χ0v) is 15.1. The number of esters is 1. The Bertz CT molecular complexity index is 773. The maximum atomic E-state index is 12.2. The van der Waals surface area contributed by atoms with Crippen molar-refractivity contribution in [1.29, 1.82) is 0 Å². The van der Waals surface area contributed by atoms with Crippen LogP contribution in [0, 0.1) is 6.92 Å². The third kappa shape index (κ3) is 4.87. The summed E-state index contributed by atoms with van der Waals surface area (Å²) in [5, 5.41) is 2.92. The molecule has 0 unspecified atom stereocenters. The zero-order valence-electron chi connectivity index (χ0n) is 14.2. The Morgan fingerprint density at radius 3 is 2.52 bits per heavy atom. The fourth-order valence-corrected chi connectivity index (χ4v) is 3.12. The van der Waals surface area contributed by atoms with Crippen molar-refractivity contribution >= 4 is 34.3 Å². The van der Waals surface area contributed by atoms with Crippen LogP contribution < -0.4 is 10.2 Å². The molecule has 2 rings (SSSR count). The highest BCUT2D eigenvalue weighted by atomic mass is 32.1. The van der Waals surface area contributed by atoms with Crippen LogP contribution in [0.3, 0.4) is 0 Å². The van der Waals surface area contributed by atoms with Crippen LogP contribution in [0.5, 0.6) is 0 Å². The summed E-state index contributed by atoms with van der Waals surface area (Å²) in [6.07, 6.45) is 0. The van der Waals surface area contributed by atoms with E-state index in [1.165, 1.54) is 18.9 Å². The van der Waals surface area contributed by atoms with Crippen molar-refractivity contribution in [2.45, 2.75) is 20.4 Å². The average Bonchev–Trinajstić information content (AvgIpc) is 2.99. The molecule has 2 amide bonds. The highest BCUT2D eigenvalue weighted by Crippen LogP contribution is 2.27. The van der Waals surface area contributed by atoms with E-state index < -0.39 is 11.9 Å². The van der Waals surface area contributed by atoms with Gasteiger partial charge in [-0.3, -0.25) is 19.3 Å². The Kier molecular flexibility index (Phi) is 6.24. The monoisotopic (exact) mass is 361 g/mol. The number of methoxy groups -OCH3 is 1. The van der Waals surface area contributed by atoms with Crippen molar-refractivity contribution < 1.29 is 19.1 Å². The topological polar surface area (TPSA) is 88.6 Å². The summed E-state index contributed by atoms with van der Waals surface area (Å²) < 4.78 is 4.49. The van der Waals surface area contributed by atoms with Crippen molar-refractivity contribution in [2.24, 2.45) is 0 Å². The predicted molar refractivity (Wildman–Crippen MR) is 94.5 cm³/mol. The molecular weight excluding hydrogens is 342 g/mol. The molecule has 0 aliphatic heterocycles. The molecule has 25 heavy (non-hydrogen) atoms. The minimum atomic E-state index is -0.537. The van der Waals surface area contributed by atoms with Gasteiger partial charge in [0.1, 0.15) is 11.4 Å². The number of aryl methyl sites for hydroxylation is 1. The number of ether oxygens (including phenoxy) is 1. The van der Waals surface area contributed by atoms with Crippen LogP contribution in [0.1, 0.15) is 27.9 Å². The molecular formula is C17H19N3O4S. The number of carbonyl (C=O) groups is 3. The second kappa shape index (κ2) is 8.39. The maximum Gasteiger partial charge on any atom is 0.325 e. The smallest absolute Gasteiger partial charge is 0.325 e.